The van der Waals surface area contributed by atoms with Gasteiger partial charge in [0, 0.05) is 45.0 Å². The molecule has 126 valence electrons. The van der Waals surface area contributed by atoms with E-state index in [2.05, 4.69) is 12.2 Å². The average molecular weight is 317 g/mol. The van der Waals surface area contributed by atoms with Crippen LogP contribution in [0.2, 0.25) is 0 Å². The second kappa shape index (κ2) is 7.49. The van der Waals surface area contributed by atoms with E-state index >= 15 is 0 Å². The monoisotopic (exact) mass is 317 g/mol. The van der Waals surface area contributed by atoms with Gasteiger partial charge in [0.15, 0.2) is 0 Å². The van der Waals surface area contributed by atoms with Gasteiger partial charge in [0.05, 0.1) is 5.56 Å². The lowest BCUT2D eigenvalue weighted by Crippen LogP contribution is -2.38. The van der Waals surface area contributed by atoms with Crippen LogP contribution in [0.1, 0.15) is 43.5 Å². The quantitative estimate of drug-likeness (QED) is 0.929. The van der Waals surface area contributed by atoms with Crippen molar-refractivity contribution in [2.45, 2.75) is 33.1 Å². The van der Waals surface area contributed by atoms with E-state index in [1.165, 1.54) is 0 Å². The van der Waals surface area contributed by atoms with Crippen molar-refractivity contribution in [2.75, 3.05) is 37.4 Å². The summed E-state index contributed by atoms with van der Waals surface area (Å²) in [4.78, 5) is 28.4. The van der Waals surface area contributed by atoms with Crippen molar-refractivity contribution in [3.05, 3.63) is 23.8 Å². The highest BCUT2D eigenvalue weighted by Crippen LogP contribution is 2.26. The fraction of sp³-hybridized carbons (Fsp3) is 0.556. The van der Waals surface area contributed by atoms with E-state index in [1.807, 2.05) is 43.0 Å². The zero-order chi connectivity index (χ0) is 17.0. The molecule has 0 radical (unpaired) electrons. The van der Waals surface area contributed by atoms with E-state index in [4.69, 9.17) is 0 Å². The summed E-state index contributed by atoms with van der Waals surface area (Å²) in [5.41, 5.74) is 2.21. The molecule has 1 saturated heterocycles. The SMILES string of the molecule is CCC(=O)Nc1ccc(N(C)C)c(C(=O)N2CCC(C)CC2)c1. The van der Waals surface area contributed by atoms with Gasteiger partial charge in [-0.25, -0.2) is 0 Å². The number of carbonyl (C=O) groups is 2. The van der Waals surface area contributed by atoms with Crippen molar-refractivity contribution < 1.29 is 9.59 Å². The van der Waals surface area contributed by atoms with E-state index < -0.39 is 0 Å². The normalized spacial score (nSPS) is 15.4. The van der Waals surface area contributed by atoms with Crippen LogP contribution in [0.25, 0.3) is 0 Å². The third-order valence-corrected chi connectivity index (χ3v) is 4.38. The summed E-state index contributed by atoms with van der Waals surface area (Å²) < 4.78 is 0. The summed E-state index contributed by atoms with van der Waals surface area (Å²) in [7, 11) is 3.85. The van der Waals surface area contributed by atoms with E-state index in [0.29, 0.717) is 23.6 Å². The van der Waals surface area contributed by atoms with Gasteiger partial charge in [-0.15, -0.1) is 0 Å². The first kappa shape index (κ1) is 17.3. The molecule has 0 saturated carbocycles. The van der Waals surface area contributed by atoms with Gasteiger partial charge in [0.25, 0.3) is 5.91 Å². The third kappa shape index (κ3) is 4.24. The Balaban J connectivity index is 2.27. The molecule has 1 N–H and O–H groups in total. The summed E-state index contributed by atoms with van der Waals surface area (Å²) in [5, 5.41) is 2.83. The van der Waals surface area contributed by atoms with Crippen molar-refractivity contribution in [1.82, 2.24) is 4.90 Å². The molecule has 5 heteroatoms. The van der Waals surface area contributed by atoms with Gasteiger partial charge in [0.1, 0.15) is 0 Å². The van der Waals surface area contributed by atoms with Gasteiger partial charge in [-0.05, 0) is 37.0 Å². The maximum absolute atomic E-state index is 12.9. The van der Waals surface area contributed by atoms with Crippen LogP contribution in [0.5, 0.6) is 0 Å². The minimum Gasteiger partial charge on any atom is -0.377 e. The standard InChI is InChI=1S/C18H27N3O2/c1-5-17(22)19-14-6-7-16(20(3)4)15(12-14)18(23)21-10-8-13(2)9-11-21/h6-7,12-13H,5,8-11H2,1-4H3,(H,19,22). The zero-order valence-electron chi connectivity index (χ0n) is 14.6. The van der Waals surface area contributed by atoms with Crippen molar-refractivity contribution in [3.63, 3.8) is 0 Å². The maximum atomic E-state index is 12.9. The number of nitrogens with one attached hydrogen (secondary N) is 1. The molecular weight excluding hydrogens is 290 g/mol. The lowest BCUT2D eigenvalue weighted by atomic mass is 9.98. The fourth-order valence-corrected chi connectivity index (χ4v) is 2.81. The largest absolute Gasteiger partial charge is 0.377 e. The lowest BCUT2D eigenvalue weighted by Gasteiger charge is -2.31. The Bertz CT molecular complexity index is 576. The van der Waals surface area contributed by atoms with Crippen LogP contribution in [0.15, 0.2) is 18.2 Å². The van der Waals surface area contributed by atoms with Crippen LogP contribution in [0, 0.1) is 5.92 Å². The molecule has 0 aliphatic carbocycles. The van der Waals surface area contributed by atoms with Crippen molar-refractivity contribution in [1.29, 1.82) is 0 Å². The summed E-state index contributed by atoms with van der Waals surface area (Å²) in [6, 6.07) is 5.53. The minimum absolute atomic E-state index is 0.0483. The van der Waals surface area contributed by atoms with Gasteiger partial charge in [-0.2, -0.15) is 0 Å². The summed E-state index contributed by atoms with van der Waals surface area (Å²) in [6.45, 7) is 5.65. The smallest absolute Gasteiger partial charge is 0.256 e. The van der Waals surface area contributed by atoms with Crippen LogP contribution < -0.4 is 10.2 Å². The van der Waals surface area contributed by atoms with E-state index in [1.54, 1.807) is 6.07 Å². The van der Waals surface area contributed by atoms with Crippen LogP contribution in [-0.2, 0) is 4.79 Å². The number of anilines is 2. The summed E-state index contributed by atoms with van der Waals surface area (Å²) >= 11 is 0. The fourth-order valence-electron chi connectivity index (χ4n) is 2.81. The van der Waals surface area contributed by atoms with Gasteiger partial charge >= 0.3 is 0 Å². The van der Waals surface area contributed by atoms with Crippen LogP contribution in [0.3, 0.4) is 0 Å². The first-order valence-electron chi connectivity index (χ1n) is 8.32. The summed E-state index contributed by atoms with van der Waals surface area (Å²) in [5.74, 6) is 0.684. The molecule has 1 aromatic rings. The highest BCUT2D eigenvalue weighted by Gasteiger charge is 2.24. The Hall–Kier alpha value is -2.04. The Kier molecular flexibility index (Phi) is 5.64. The van der Waals surface area contributed by atoms with Gasteiger partial charge < -0.3 is 15.1 Å². The van der Waals surface area contributed by atoms with E-state index in [9.17, 15) is 9.59 Å². The number of benzene rings is 1. The summed E-state index contributed by atoms with van der Waals surface area (Å²) in [6.07, 6.45) is 2.52. The second-order valence-corrected chi connectivity index (χ2v) is 6.50. The predicted molar refractivity (Wildman–Crippen MR) is 94.0 cm³/mol. The molecule has 2 amide bonds. The van der Waals surface area contributed by atoms with Crippen molar-refractivity contribution >= 4 is 23.2 Å². The number of likely N-dealkylation sites (tertiary alicyclic amines) is 1. The molecule has 0 unspecified atom stereocenters. The molecule has 2 rings (SSSR count). The molecule has 1 aliphatic rings. The lowest BCUT2D eigenvalue weighted by molar-refractivity contribution is -0.115. The highest BCUT2D eigenvalue weighted by molar-refractivity contribution is 6.02. The van der Waals surface area contributed by atoms with Crippen LogP contribution in [-0.4, -0.2) is 43.9 Å². The van der Waals surface area contributed by atoms with Gasteiger partial charge in [0.2, 0.25) is 5.91 Å². The first-order valence-corrected chi connectivity index (χ1v) is 8.32. The molecule has 0 aromatic heterocycles. The molecule has 23 heavy (non-hydrogen) atoms. The number of rotatable bonds is 4. The Morgan fingerprint density at radius 1 is 1.26 bits per heavy atom. The third-order valence-electron chi connectivity index (χ3n) is 4.38. The number of hydrogen-bond donors (Lipinski definition) is 1. The predicted octanol–water partition coefficient (Wildman–Crippen LogP) is 2.97. The molecule has 1 fully saturated rings. The van der Waals surface area contributed by atoms with Gasteiger partial charge in [-0.3, -0.25) is 9.59 Å². The number of carbonyl (C=O) groups excluding carboxylic acids is 2. The molecule has 1 aliphatic heterocycles. The topological polar surface area (TPSA) is 52.7 Å². The molecular formula is C18H27N3O2. The number of amides is 2. The Labute approximate surface area is 138 Å². The number of piperidine rings is 1. The molecule has 5 nitrogen and oxygen atoms in total. The minimum atomic E-state index is -0.0483. The highest BCUT2D eigenvalue weighted by atomic mass is 16.2. The molecule has 1 heterocycles. The number of nitrogens with zero attached hydrogens (tertiary/aromatic N) is 2. The molecule has 0 atom stereocenters. The average Bonchev–Trinajstić information content (AvgIpc) is 2.54. The maximum Gasteiger partial charge on any atom is 0.256 e. The van der Waals surface area contributed by atoms with Crippen molar-refractivity contribution in [3.8, 4) is 0 Å². The Morgan fingerprint density at radius 2 is 1.91 bits per heavy atom. The number of hydrogen-bond acceptors (Lipinski definition) is 3. The Morgan fingerprint density at radius 3 is 2.48 bits per heavy atom. The van der Waals surface area contributed by atoms with Crippen molar-refractivity contribution in [2.24, 2.45) is 5.92 Å². The molecule has 0 spiro atoms. The van der Waals surface area contributed by atoms with E-state index in [0.717, 1.165) is 31.6 Å². The van der Waals surface area contributed by atoms with Crippen LogP contribution >= 0.6 is 0 Å². The second-order valence-electron chi connectivity index (χ2n) is 6.50. The molecule has 1 aromatic carbocycles. The zero-order valence-corrected chi connectivity index (χ0v) is 14.6. The van der Waals surface area contributed by atoms with Gasteiger partial charge in [-0.1, -0.05) is 13.8 Å². The van der Waals surface area contributed by atoms with E-state index in [-0.39, 0.29) is 11.8 Å². The first-order chi connectivity index (χ1) is 10.9. The van der Waals surface area contributed by atoms with Crippen LogP contribution in [0.4, 0.5) is 11.4 Å². The molecule has 0 bridgehead atoms.